The summed E-state index contributed by atoms with van der Waals surface area (Å²) in [7, 11) is 1.98. The number of nitrogens with two attached hydrogens (primary N) is 4. The molecule has 0 saturated carbocycles. The average Bonchev–Trinajstić information content (AvgIpc) is 3.38. The Morgan fingerprint density at radius 1 is 0.714 bits per heavy atom. The third kappa shape index (κ3) is 22.1. The molecule has 3 aromatic rings. The Balaban J connectivity index is 1.79. The predicted molar refractivity (Wildman–Crippen MR) is 292 cm³/mol. The van der Waals surface area contributed by atoms with Crippen molar-refractivity contribution in [3.05, 3.63) is 94.5 Å². The van der Waals surface area contributed by atoms with E-state index in [9.17, 15) is 58.5 Å². The van der Waals surface area contributed by atoms with Crippen molar-refractivity contribution in [3.63, 3.8) is 0 Å². The number of phenolic OH excluding ortho intramolecular Hbond substituents is 2. The fourth-order valence-corrected chi connectivity index (χ4v) is 10.5. The zero-order valence-corrected chi connectivity index (χ0v) is 44.9. The number of rotatable bonds is 21. The van der Waals surface area contributed by atoms with E-state index >= 15 is 0 Å². The monoisotopic (exact) mass is 1130 g/mol. The van der Waals surface area contributed by atoms with Crippen molar-refractivity contribution in [1.29, 1.82) is 0 Å². The number of amides is 9. The van der Waals surface area contributed by atoms with Crippen molar-refractivity contribution >= 4 is 86.4 Å². The van der Waals surface area contributed by atoms with Gasteiger partial charge < -0.3 is 75.5 Å². The van der Waals surface area contributed by atoms with Crippen molar-refractivity contribution in [2.45, 2.75) is 120 Å². The van der Waals surface area contributed by atoms with Gasteiger partial charge in [-0.3, -0.25) is 38.4 Å². The highest BCUT2D eigenvalue weighted by atomic mass is 35.5. The zero-order chi connectivity index (χ0) is 56.6. The number of halogens is 1. The number of unbranched alkanes of at least 4 members (excludes halogenated alkanes) is 2. The van der Waals surface area contributed by atoms with E-state index in [-0.39, 0.29) is 74.6 Å². The molecule has 1 aliphatic heterocycles. The molecule has 77 heavy (non-hydrogen) atoms. The number of aromatic hydroxyl groups is 2. The van der Waals surface area contributed by atoms with Gasteiger partial charge in [0, 0.05) is 41.8 Å². The average molecular weight is 1130 g/mol. The summed E-state index contributed by atoms with van der Waals surface area (Å²) in [6, 6.07) is 7.74. The summed E-state index contributed by atoms with van der Waals surface area (Å²) in [6.07, 6.45) is -1.05. The number of nitrogens with one attached hydrogen (secondary N) is 7. The number of aliphatic hydroxyl groups excluding tert-OH is 1. The topological polar surface area (TPSA) is 403 Å². The van der Waals surface area contributed by atoms with Crippen LogP contribution >= 0.6 is 33.2 Å². The van der Waals surface area contributed by atoms with Gasteiger partial charge in [0.2, 0.25) is 41.4 Å². The Bertz CT molecular complexity index is 2480. The van der Waals surface area contributed by atoms with E-state index in [1.54, 1.807) is 36.4 Å². The first kappa shape index (κ1) is 62.9. The number of hydrogen-bond acceptors (Lipinski definition) is 16. The van der Waals surface area contributed by atoms with Gasteiger partial charge in [0.1, 0.15) is 41.7 Å². The molecule has 1 heterocycles. The van der Waals surface area contributed by atoms with E-state index in [1.165, 1.54) is 43.3 Å². The fourth-order valence-electron chi connectivity index (χ4n) is 8.00. The van der Waals surface area contributed by atoms with E-state index in [4.69, 9.17) is 34.5 Å². The van der Waals surface area contributed by atoms with Gasteiger partial charge in [-0.2, -0.15) is 0 Å². The smallest absolute Gasteiger partial charge is 0.312 e. The van der Waals surface area contributed by atoms with Gasteiger partial charge >= 0.3 is 6.03 Å². The van der Waals surface area contributed by atoms with Crippen LogP contribution in [0.4, 0.5) is 4.79 Å². The summed E-state index contributed by atoms with van der Waals surface area (Å²) in [5, 5.41) is 49.5. The van der Waals surface area contributed by atoms with E-state index in [1.807, 2.05) is 0 Å². The van der Waals surface area contributed by atoms with Crippen molar-refractivity contribution in [2.75, 3.05) is 24.6 Å². The second kappa shape index (κ2) is 32.2. The number of carbonyl (C=O) groups excluding carboxylic acids is 9. The van der Waals surface area contributed by atoms with Gasteiger partial charge in [0.05, 0.1) is 18.2 Å². The Morgan fingerprint density at radius 2 is 1.26 bits per heavy atom. The van der Waals surface area contributed by atoms with E-state index < -0.39 is 114 Å². The molecule has 3 aromatic carbocycles. The molecule has 9 amide bonds. The third-order valence-electron chi connectivity index (χ3n) is 12.4. The van der Waals surface area contributed by atoms with Crippen LogP contribution in [0.5, 0.6) is 11.5 Å². The maximum Gasteiger partial charge on any atom is 0.312 e. The third-order valence-corrected chi connectivity index (χ3v) is 15.0. The lowest BCUT2D eigenvalue weighted by Crippen LogP contribution is -2.61. The van der Waals surface area contributed by atoms with Crippen LogP contribution in [-0.2, 0) is 57.6 Å². The van der Waals surface area contributed by atoms with Crippen LogP contribution in [0.1, 0.15) is 68.6 Å². The molecule has 0 bridgehead atoms. The van der Waals surface area contributed by atoms with Gasteiger partial charge in [-0.1, -0.05) is 69.6 Å². The number of ketones is 1. The molecule has 9 atom stereocenters. The molecule has 0 aliphatic carbocycles. The van der Waals surface area contributed by atoms with Crippen molar-refractivity contribution in [3.8, 4) is 11.5 Å². The molecule has 4 rings (SSSR count). The summed E-state index contributed by atoms with van der Waals surface area (Å²) < 4.78 is 0. The molecular formula is C51H70ClN11O12S2. The first-order valence-corrected chi connectivity index (χ1v) is 27.9. The molecule has 0 aromatic heterocycles. The van der Waals surface area contributed by atoms with Gasteiger partial charge in [0.15, 0.2) is 5.78 Å². The second-order valence-electron chi connectivity index (χ2n) is 18.6. The van der Waals surface area contributed by atoms with E-state index in [0.717, 1.165) is 21.6 Å². The molecule has 23 nitrogen and oxygen atoms in total. The van der Waals surface area contributed by atoms with Crippen LogP contribution < -0.4 is 60.2 Å². The molecule has 26 heteroatoms. The standard InChI is InChI=1S/C51H70ClN11O12S2/c1-28(64)43-50(74)62-41(49(73)60-39(44(55)68)24-31-12-18-35(66)19-13-31)27-77-76-26-40(61-46(70)36(54)23-30-8-14-33(52)15-9-30)42(67)25-32(22-29-10-16-34(65)17-11-29)45(69)58-37(7-3-5-21-57-51(56)75)47(71)59-38(48(72)63-43)6-2-4-20-53/h8-19,28,32,36-41,43,64-66H,2-7,20-27,53-54H2,1H3,(H2,55,68)(H,58,69)(H,59,71)(H,60,73)(H,61,70)(H,62,74)(H,63,72)(H3,56,57,75)/t28-,32-,36+,37-,38+,39-,40-,41+,43+/m1/s1. The van der Waals surface area contributed by atoms with Gasteiger partial charge in [-0.15, -0.1) is 0 Å². The summed E-state index contributed by atoms with van der Waals surface area (Å²) in [6.45, 7) is 1.57. The molecule has 1 fully saturated rings. The highest BCUT2D eigenvalue weighted by Gasteiger charge is 2.36. The number of hydrogen-bond donors (Lipinski definition) is 14. The zero-order valence-electron chi connectivity index (χ0n) is 42.5. The Labute approximate surface area is 459 Å². The minimum atomic E-state index is -1.73. The minimum absolute atomic E-state index is 0.0189. The summed E-state index contributed by atoms with van der Waals surface area (Å²) in [4.78, 5) is 124. The van der Waals surface area contributed by atoms with Crippen molar-refractivity contribution in [2.24, 2.45) is 28.9 Å². The number of primary amides is 2. The van der Waals surface area contributed by atoms with Crippen molar-refractivity contribution in [1.82, 2.24) is 37.2 Å². The van der Waals surface area contributed by atoms with Gasteiger partial charge in [-0.25, -0.2) is 4.79 Å². The summed E-state index contributed by atoms with van der Waals surface area (Å²) in [5.41, 5.74) is 24.8. The van der Waals surface area contributed by atoms with E-state index in [0.29, 0.717) is 41.0 Å². The summed E-state index contributed by atoms with van der Waals surface area (Å²) in [5.74, 6) is -8.52. The lowest BCUT2D eigenvalue weighted by molar-refractivity contribution is -0.137. The lowest BCUT2D eigenvalue weighted by Gasteiger charge is -2.29. The number of benzene rings is 3. The number of phenols is 2. The Morgan fingerprint density at radius 3 is 1.84 bits per heavy atom. The molecular weight excluding hydrogens is 1060 g/mol. The molecule has 1 saturated heterocycles. The van der Waals surface area contributed by atoms with Gasteiger partial charge in [-0.05, 0) is 118 Å². The highest BCUT2D eigenvalue weighted by molar-refractivity contribution is 8.76. The maximum absolute atomic E-state index is 14.7. The normalized spacial score (nSPS) is 21.4. The predicted octanol–water partition coefficient (Wildman–Crippen LogP) is -0.181. The SMILES string of the molecule is C[C@@H](O)[C@@H]1NC(=O)[C@H](CCCCN)NC(=O)[C@@H](CCCCNC(N)=O)NC(=O)[C@H](Cc2ccc(O)cc2)CC(=O)[C@H](NC(=O)[C@@H](N)Cc2ccc(Cl)cc2)CSSC[C@@H](C(=O)N[C@H](Cc2ccc(O)cc2)C(N)=O)NC1=O. The van der Waals surface area contributed by atoms with Crippen molar-refractivity contribution < 1.29 is 58.5 Å². The number of carbonyl (C=O) groups is 9. The highest BCUT2D eigenvalue weighted by Crippen LogP contribution is 2.26. The Hall–Kier alpha value is -6.64. The lowest BCUT2D eigenvalue weighted by atomic mass is 9.91. The van der Waals surface area contributed by atoms with Crippen LogP contribution in [0, 0.1) is 5.92 Å². The second-order valence-corrected chi connectivity index (χ2v) is 21.6. The molecule has 1 aliphatic rings. The number of urea groups is 1. The number of aliphatic hydroxyl groups is 1. The first-order valence-electron chi connectivity index (χ1n) is 25.0. The number of Topliss-reactive ketones (excluding diaryl/α,β-unsaturated/α-hetero) is 1. The largest absolute Gasteiger partial charge is 0.508 e. The van der Waals surface area contributed by atoms with E-state index in [2.05, 4.69) is 37.2 Å². The molecule has 0 unspecified atom stereocenters. The van der Waals surface area contributed by atoms with Crippen LogP contribution in [0.25, 0.3) is 0 Å². The molecule has 0 radical (unpaired) electrons. The summed E-state index contributed by atoms with van der Waals surface area (Å²) >= 11 is 6.06. The van der Waals surface area contributed by atoms with Gasteiger partial charge in [0.25, 0.3) is 0 Å². The Kier molecular flexibility index (Phi) is 26.3. The quantitative estimate of drug-likeness (QED) is 0.0486. The fraction of sp³-hybridized carbons (Fsp3) is 0.471. The maximum atomic E-state index is 14.7. The molecule has 0 spiro atoms. The van der Waals surface area contributed by atoms with Crippen LogP contribution in [-0.4, -0.2) is 141 Å². The molecule has 18 N–H and O–H groups in total. The van der Waals surface area contributed by atoms with Crippen LogP contribution in [0.2, 0.25) is 5.02 Å². The van der Waals surface area contributed by atoms with Crippen LogP contribution in [0.15, 0.2) is 72.8 Å². The molecule has 420 valence electrons. The minimum Gasteiger partial charge on any atom is -0.508 e. The first-order chi connectivity index (χ1) is 36.6. The van der Waals surface area contributed by atoms with Crippen LogP contribution in [0.3, 0.4) is 0 Å².